The van der Waals surface area contributed by atoms with Crippen LogP contribution in [-0.2, 0) is 15.6 Å². The van der Waals surface area contributed by atoms with Crippen molar-refractivity contribution in [1.29, 1.82) is 0 Å². The van der Waals surface area contributed by atoms with E-state index in [2.05, 4.69) is 4.98 Å². The van der Waals surface area contributed by atoms with Crippen molar-refractivity contribution < 1.29 is 31.5 Å². The van der Waals surface area contributed by atoms with Crippen molar-refractivity contribution in [2.45, 2.75) is 54.8 Å². The van der Waals surface area contributed by atoms with Crippen molar-refractivity contribution in [3.05, 3.63) is 58.9 Å². The van der Waals surface area contributed by atoms with E-state index >= 15 is 0 Å². The Morgan fingerprint density at radius 2 is 1.94 bits per heavy atom. The number of aliphatic hydroxyl groups is 1. The summed E-state index contributed by atoms with van der Waals surface area (Å²) in [4.78, 5) is 18.4. The SMILES string of the molecule is CC(F)(F)CCC1(O)CCN(C(=O)c2ccc(CS(=O)(=O)c3cccc4scnc34)cc2F)CC1. The molecule has 188 valence electrons. The summed E-state index contributed by atoms with van der Waals surface area (Å²) in [6.45, 7) is 1.02. The Morgan fingerprint density at radius 3 is 2.60 bits per heavy atom. The molecule has 0 spiro atoms. The third kappa shape index (κ3) is 5.84. The summed E-state index contributed by atoms with van der Waals surface area (Å²) >= 11 is 1.32. The van der Waals surface area contributed by atoms with Crippen molar-refractivity contribution in [2.24, 2.45) is 0 Å². The average Bonchev–Trinajstić information content (AvgIpc) is 3.26. The second kappa shape index (κ2) is 9.51. The van der Waals surface area contributed by atoms with E-state index in [1.54, 1.807) is 17.6 Å². The van der Waals surface area contributed by atoms with Crippen molar-refractivity contribution >= 4 is 37.3 Å². The number of thiazole rings is 1. The Kier molecular flexibility index (Phi) is 6.96. The van der Waals surface area contributed by atoms with Crippen LogP contribution >= 0.6 is 11.3 Å². The minimum absolute atomic E-state index is 0.0680. The van der Waals surface area contributed by atoms with Crippen LogP contribution in [0.4, 0.5) is 13.2 Å². The molecule has 0 bridgehead atoms. The molecule has 0 aliphatic carbocycles. The lowest BCUT2D eigenvalue weighted by molar-refractivity contribution is -0.0571. The maximum absolute atomic E-state index is 14.9. The van der Waals surface area contributed by atoms with E-state index in [0.717, 1.165) is 17.7 Å². The number of alkyl halides is 2. The van der Waals surface area contributed by atoms with Gasteiger partial charge in [0.15, 0.2) is 9.84 Å². The summed E-state index contributed by atoms with van der Waals surface area (Å²) in [7, 11) is -3.81. The van der Waals surface area contributed by atoms with Crippen LogP contribution in [0, 0.1) is 5.82 Å². The first kappa shape index (κ1) is 25.6. The Hall–Kier alpha value is -2.50. The molecular formula is C24H25F3N2O4S2. The van der Waals surface area contributed by atoms with Gasteiger partial charge in [0.25, 0.3) is 5.91 Å². The molecular weight excluding hydrogens is 501 g/mol. The molecule has 1 aliphatic heterocycles. The van der Waals surface area contributed by atoms with Gasteiger partial charge in [-0.3, -0.25) is 4.79 Å². The summed E-state index contributed by atoms with van der Waals surface area (Å²) in [5.41, 5.74) is 0.632. The number of piperidine rings is 1. The number of nitrogens with zero attached hydrogens (tertiary/aromatic N) is 2. The molecule has 1 fully saturated rings. The molecule has 1 N–H and O–H groups in total. The largest absolute Gasteiger partial charge is 0.390 e. The van der Waals surface area contributed by atoms with Crippen LogP contribution in [0.25, 0.3) is 10.2 Å². The number of sulfone groups is 1. The fourth-order valence-electron chi connectivity index (χ4n) is 4.23. The summed E-state index contributed by atoms with van der Waals surface area (Å²) in [6.07, 6.45) is -0.290. The molecule has 1 aromatic heterocycles. The van der Waals surface area contributed by atoms with E-state index < -0.39 is 45.3 Å². The number of hydrogen-bond acceptors (Lipinski definition) is 6. The highest BCUT2D eigenvalue weighted by molar-refractivity contribution is 7.90. The smallest absolute Gasteiger partial charge is 0.256 e. The van der Waals surface area contributed by atoms with Crippen molar-refractivity contribution in [3.63, 3.8) is 0 Å². The Labute approximate surface area is 205 Å². The fourth-order valence-corrected chi connectivity index (χ4v) is 6.51. The van der Waals surface area contributed by atoms with Gasteiger partial charge in [-0.1, -0.05) is 12.1 Å². The number of carbonyl (C=O) groups is 1. The molecule has 4 rings (SSSR count). The van der Waals surface area contributed by atoms with Crippen LogP contribution in [0.1, 0.15) is 48.5 Å². The third-order valence-corrected chi connectivity index (χ3v) is 8.80. The molecule has 0 radical (unpaired) electrons. The highest BCUT2D eigenvalue weighted by Crippen LogP contribution is 2.32. The van der Waals surface area contributed by atoms with Crippen LogP contribution < -0.4 is 0 Å². The zero-order valence-electron chi connectivity index (χ0n) is 19.0. The summed E-state index contributed by atoms with van der Waals surface area (Å²) in [6, 6.07) is 8.55. The first-order chi connectivity index (χ1) is 16.4. The van der Waals surface area contributed by atoms with E-state index in [1.165, 1.54) is 34.4 Å². The number of para-hydroxylation sites is 1. The van der Waals surface area contributed by atoms with Gasteiger partial charge in [0.05, 0.1) is 37.5 Å². The lowest BCUT2D eigenvalue weighted by atomic mass is 9.86. The van der Waals surface area contributed by atoms with Crippen LogP contribution in [-0.4, -0.2) is 53.9 Å². The van der Waals surface area contributed by atoms with Crippen LogP contribution in [0.15, 0.2) is 46.8 Å². The molecule has 1 saturated heterocycles. The maximum atomic E-state index is 14.9. The minimum atomic E-state index is -3.81. The number of halogens is 3. The summed E-state index contributed by atoms with van der Waals surface area (Å²) in [5, 5.41) is 10.5. The van der Waals surface area contributed by atoms with E-state index in [-0.39, 0.29) is 48.4 Å². The van der Waals surface area contributed by atoms with Gasteiger partial charge in [-0.05, 0) is 56.0 Å². The van der Waals surface area contributed by atoms with Gasteiger partial charge in [-0.25, -0.2) is 26.6 Å². The average molecular weight is 527 g/mol. The predicted octanol–water partition coefficient (Wildman–Crippen LogP) is 4.81. The fraction of sp³-hybridized carbons (Fsp3) is 0.417. The van der Waals surface area contributed by atoms with Crippen molar-refractivity contribution in [3.8, 4) is 0 Å². The molecule has 2 aromatic carbocycles. The number of aromatic nitrogens is 1. The number of hydrogen-bond donors (Lipinski definition) is 1. The molecule has 6 nitrogen and oxygen atoms in total. The lowest BCUT2D eigenvalue weighted by Gasteiger charge is -2.38. The van der Waals surface area contributed by atoms with Gasteiger partial charge in [-0.15, -0.1) is 11.3 Å². The number of amides is 1. The van der Waals surface area contributed by atoms with Gasteiger partial charge in [-0.2, -0.15) is 0 Å². The zero-order chi connectivity index (χ0) is 25.4. The standard InChI is InChI=1S/C24H25F3N2O4S2/c1-23(26,27)7-8-24(31)9-11-29(12-10-24)22(30)17-6-5-16(13-18(17)25)14-35(32,33)20-4-2-3-19-21(20)28-15-34-19/h2-6,13,15,31H,7-12,14H2,1H3. The Balaban J connectivity index is 1.44. The summed E-state index contributed by atoms with van der Waals surface area (Å²) < 4.78 is 67.8. The van der Waals surface area contributed by atoms with Gasteiger partial charge in [0.2, 0.25) is 5.92 Å². The number of rotatable bonds is 7. The topological polar surface area (TPSA) is 87.6 Å². The Morgan fingerprint density at radius 1 is 1.23 bits per heavy atom. The summed E-state index contributed by atoms with van der Waals surface area (Å²) in [5.74, 6) is -4.77. The second-order valence-corrected chi connectivity index (χ2v) is 12.0. The van der Waals surface area contributed by atoms with Gasteiger partial charge < -0.3 is 10.0 Å². The van der Waals surface area contributed by atoms with E-state index in [0.29, 0.717) is 5.52 Å². The van der Waals surface area contributed by atoms with Crippen LogP contribution in [0.3, 0.4) is 0 Å². The molecule has 11 heteroatoms. The normalized spacial score (nSPS) is 16.5. The van der Waals surface area contributed by atoms with Crippen LogP contribution in [0.2, 0.25) is 0 Å². The number of benzene rings is 2. The molecule has 35 heavy (non-hydrogen) atoms. The maximum Gasteiger partial charge on any atom is 0.256 e. The number of likely N-dealkylation sites (tertiary alicyclic amines) is 1. The first-order valence-corrected chi connectivity index (χ1v) is 13.6. The van der Waals surface area contributed by atoms with E-state index in [4.69, 9.17) is 0 Å². The monoisotopic (exact) mass is 526 g/mol. The second-order valence-electron chi connectivity index (χ2n) is 9.12. The molecule has 3 aromatic rings. The molecule has 2 heterocycles. The van der Waals surface area contributed by atoms with Gasteiger partial charge in [0.1, 0.15) is 5.82 Å². The van der Waals surface area contributed by atoms with Gasteiger partial charge >= 0.3 is 0 Å². The quantitative estimate of drug-likeness (QED) is 0.477. The van der Waals surface area contributed by atoms with E-state index in [1.807, 2.05) is 0 Å². The van der Waals surface area contributed by atoms with Crippen molar-refractivity contribution in [1.82, 2.24) is 9.88 Å². The van der Waals surface area contributed by atoms with Crippen LogP contribution in [0.5, 0.6) is 0 Å². The van der Waals surface area contributed by atoms with E-state index in [9.17, 15) is 31.5 Å². The minimum Gasteiger partial charge on any atom is -0.390 e. The zero-order valence-corrected chi connectivity index (χ0v) is 20.6. The highest BCUT2D eigenvalue weighted by atomic mass is 32.2. The third-order valence-electron chi connectivity index (χ3n) is 6.29. The first-order valence-electron chi connectivity index (χ1n) is 11.1. The molecule has 1 amide bonds. The number of fused-ring (bicyclic) bond motifs is 1. The molecule has 0 saturated carbocycles. The Bertz CT molecular complexity index is 1340. The molecule has 1 aliphatic rings. The highest BCUT2D eigenvalue weighted by Gasteiger charge is 2.37. The number of carbonyl (C=O) groups excluding carboxylic acids is 1. The molecule has 0 atom stereocenters. The van der Waals surface area contributed by atoms with Crippen molar-refractivity contribution in [2.75, 3.05) is 13.1 Å². The molecule has 0 unspecified atom stereocenters. The van der Waals surface area contributed by atoms with Gasteiger partial charge in [0, 0.05) is 19.5 Å². The lowest BCUT2D eigenvalue weighted by Crippen LogP contribution is -2.47. The predicted molar refractivity (Wildman–Crippen MR) is 127 cm³/mol.